The van der Waals surface area contributed by atoms with E-state index in [1.165, 1.54) is 0 Å². The Hall–Kier alpha value is -2.06. The second-order valence-electron chi connectivity index (χ2n) is 5.33. The molecular formula is C18H19NO. The van der Waals surface area contributed by atoms with Crippen molar-refractivity contribution in [2.75, 3.05) is 0 Å². The van der Waals surface area contributed by atoms with Crippen LogP contribution in [0.15, 0.2) is 60.8 Å². The first-order chi connectivity index (χ1) is 9.71. The quantitative estimate of drug-likeness (QED) is 0.734. The summed E-state index contributed by atoms with van der Waals surface area (Å²) in [6.07, 6.45) is 3.26. The average molecular weight is 265 g/mol. The molecule has 0 saturated heterocycles. The van der Waals surface area contributed by atoms with Crippen molar-refractivity contribution in [2.45, 2.75) is 25.4 Å². The molecule has 0 aliphatic carbocycles. The topological polar surface area (TPSA) is 36.0 Å². The predicted octanol–water partition coefficient (Wildman–Crippen LogP) is 4.01. The first-order valence-corrected chi connectivity index (χ1v) is 7.05. The van der Waals surface area contributed by atoms with E-state index in [4.69, 9.17) is 0 Å². The Morgan fingerprint density at radius 3 is 2.60 bits per heavy atom. The van der Waals surface area contributed by atoms with Gasteiger partial charge >= 0.3 is 0 Å². The van der Waals surface area contributed by atoms with Crippen LogP contribution in [0.25, 0.3) is 10.9 Å². The van der Waals surface area contributed by atoms with Crippen molar-refractivity contribution < 1.29 is 5.11 Å². The summed E-state index contributed by atoms with van der Waals surface area (Å²) in [5.74, 6) is 0. The summed E-state index contributed by atoms with van der Waals surface area (Å²) in [5.41, 5.74) is 2.43. The van der Waals surface area contributed by atoms with Crippen LogP contribution in [0.1, 0.15) is 24.5 Å². The van der Waals surface area contributed by atoms with Crippen LogP contribution in [0.3, 0.4) is 0 Å². The predicted molar refractivity (Wildman–Crippen MR) is 82.6 cm³/mol. The van der Waals surface area contributed by atoms with Gasteiger partial charge in [-0.15, -0.1) is 0 Å². The van der Waals surface area contributed by atoms with Crippen molar-refractivity contribution in [2.24, 2.45) is 0 Å². The van der Waals surface area contributed by atoms with Gasteiger partial charge < -0.3 is 10.1 Å². The van der Waals surface area contributed by atoms with E-state index in [0.29, 0.717) is 12.8 Å². The third-order valence-corrected chi connectivity index (χ3v) is 4.01. The molecule has 2 aromatic carbocycles. The Morgan fingerprint density at radius 2 is 1.85 bits per heavy atom. The number of H-pyrrole nitrogens is 1. The minimum atomic E-state index is -0.813. The Balaban J connectivity index is 1.98. The van der Waals surface area contributed by atoms with E-state index in [2.05, 4.69) is 23.2 Å². The minimum absolute atomic E-state index is 0.639. The number of benzene rings is 2. The standard InChI is InChI=1S/C18H19NO/c1-2-18(20,13-14-6-4-3-5-7-14)16-8-9-17-15(12-16)10-11-19-17/h3-12,19-20H,2,13H2,1H3. The molecule has 0 radical (unpaired) electrons. The van der Waals surface area contributed by atoms with Crippen LogP contribution in [0.2, 0.25) is 0 Å². The Kier molecular flexibility index (Phi) is 3.33. The molecule has 0 fully saturated rings. The molecule has 0 amide bonds. The van der Waals surface area contributed by atoms with Crippen LogP contribution in [-0.2, 0) is 12.0 Å². The van der Waals surface area contributed by atoms with E-state index in [0.717, 1.165) is 22.0 Å². The van der Waals surface area contributed by atoms with Crippen molar-refractivity contribution >= 4 is 10.9 Å². The van der Waals surface area contributed by atoms with Crippen molar-refractivity contribution in [3.63, 3.8) is 0 Å². The lowest BCUT2D eigenvalue weighted by atomic mass is 9.84. The molecular weight excluding hydrogens is 246 g/mol. The molecule has 20 heavy (non-hydrogen) atoms. The summed E-state index contributed by atoms with van der Waals surface area (Å²) in [6, 6.07) is 18.3. The monoisotopic (exact) mass is 265 g/mol. The molecule has 1 atom stereocenters. The number of aliphatic hydroxyl groups is 1. The first-order valence-electron chi connectivity index (χ1n) is 7.05. The largest absolute Gasteiger partial charge is 0.385 e. The maximum atomic E-state index is 11.0. The summed E-state index contributed by atoms with van der Waals surface area (Å²) < 4.78 is 0. The van der Waals surface area contributed by atoms with Crippen LogP contribution in [-0.4, -0.2) is 10.1 Å². The highest BCUT2D eigenvalue weighted by Crippen LogP contribution is 2.31. The van der Waals surface area contributed by atoms with Crippen LogP contribution >= 0.6 is 0 Å². The zero-order valence-electron chi connectivity index (χ0n) is 11.6. The number of rotatable bonds is 4. The third-order valence-electron chi connectivity index (χ3n) is 4.01. The van der Waals surface area contributed by atoms with Gasteiger partial charge in [-0.25, -0.2) is 0 Å². The van der Waals surface area contributed by atoms with Gasteiger partial charge in [-0.3, -0.25) is 0 Å². The number of hydrogen-bond acceptors (Lipinski definition) is 1. The van der Waals surface area contributed by atoms with Crippen LogP contribution in [0.4, 0.5) is 0 Å². The van der Waals surface area contributed by atoms with Gasteiger partial charge in [0.2, 0.25) is 0 Å². The van der Waals surface area contributed by atoms with Gasteiger partial charge in [0.1, 0.15) is 0 Å². The van der Waals surface area contributed by atoms with Crippen molar-refractivity contribution in [3.8, 4) is 0 Å². The van der Waals surface area contributed by atoms with Gasteiger partial charge in [0.15, 0.2) is 0 Å². The van der Waals surface area contributed by atoms with Crippen molar-refractivity contribution in [1.82, 2.24) is 4.98 Å². The van der Waals surface area contributed by atoms with Crippen LogP contribution in [0, 0.1) is 0 Å². The SMILES string of the molecule is CCC(O)(Cc1ccccc1)c1ccc2[nH]ccc2c1. The molecule has 0 spiro atoms. The molecule has 3 rings (SSSR count). The van der Waals surface area contributed by atoms with Gasteiger partial charge in [0.25, 0.3) is 0 Å². The number of aromatic nitrogens is 1. The summed E-state index contributed by atoms with van der Waals surface area (Å²) in [7, 11) is 0. The van der Waals surface area contributed by atoms with E-state index in [-0.39, 0.29) is 0 Å². The van der Waals surface area contributed by atoms with E-state index in [1.807, 2.05) is 49.5 Å². The molecule has 0 saturated carbocycles. The van der Waals surface area contributed by atoms with Crippen molar-refractivity contribution in [1.29, 1.82) is 0 Å². The number of fused-ring (bicyclic) bond motifs is 1. The molecule has 1 unspecified atom stereocenters. The summed E-state index contributed by atoms with van der Waals surface area (Å²) >= 11 is 0. The fraction of sp³-hybridized carbons (Fsp3) is 0.222. The Morgan fingerprint density at radius 1 is 1.05 bits per heavy atom. The van der Waals surface area contributed by atoms with Crippen LogP contribution in [0.5, 0.6) is 0 Å². The molecule has 0 aliphatic heterocycles. The number of aromatic amines is 1. The maximum absolute atomic E-state index is 11.0. The molecule has 1 heterocycles. The maximum Gasteiger partial charge on any atom is 0.0934 e. The molecule has 1 aromatic heterocycles. The second kappa shape index (κ2) is 5.14. The molecule has 2 N–H and O–H groups in total. The lowest BCUT2D eigenvalue weighted by Crippen LogP contribution is -2.27. The van der Waals surface area contributed by atoms with E-state index in [1.54, 1.807) is 0 Å². The summed E-state index contributed by atoms with van der Waals surface area (Å²) in [6.45, 7) is 2.03. The van der Waals surface area contributed by atoms with Crippen molar-refractivity contribution in [3.05, 3.63) is 71.9 Å². The highest BCUT2D eigenvalue weighted by atomic mass is 16.3. The third kappa shape index (κ3) is 2.35. The molecule has 2 heteroatoms. The molecule has 3 aromatic rings. The highest BCUT2D eigenvalue weighted by Gasteiger charge is 2.27. The number of hydrogen-bond donors (Lipinski definition) is 2. The normalized spacial score (nSPS) is 14.3. The molecule has 0 bridgehead atoms. The van der Waals surface area contributed by atoms with Gasteiger partial charge in [-0.2, -0.15) is 0 Å². The van der Waals surface area contributed by atoms with Gasteiger partial charge in [0.05, 0.1) is 5.60 Å². The van der Waals surface area contributed by atoms with Gasteiger partial charge in [-0.1, -0.05) is 43.3 Å². The lowest BCUT2D eigenvalue weighted by molar-refractivity contribution is 0.0328. The smallest absolute Gasteiger partial charge is 0.0934 e. The average Bonchev–Trinajstić information content (AvgIpc) is 2.95. The summed E-state index contributed by atoms with van der Waals surface area (Å²) in [5, 5.41) is 12.2. The van der Waals surface area contributed by atoms with Gasteiger partial charge in [0, 0.05) is 18.1 Å². The van der Waals surface area contributed by atoms with E-state index < -0.39 is 5.60 Å². The molecule has 102 valence electrons. The minimum Gasteiger partial charge on any atom is -0.385 e. The number of nitrogens with one attached hydrogen (secondary N) is 1. The molecule has 2 nitrogen and oxygen atoms in total. The zero-order chi connectivity index (χ0) is 14.0. The zero-order valence-corrected chi connectivity index (χ0v) is 11.6. The highest BCUT2D eigenvalue weighted by molar-refractivity contribution is 5.80. The van der Waals surface area contributed by atoms with E-state index >= 15 is 0 Å². The summed E-state index contributed by atoms with van der Waals surface area (Å²) in [4.78, 5) is 3.18. The van der Waals surface area contributed by atoms with E-state index in [9.17, 15) is 5.11 Å². The first kappa shape index (κ1) is 12.9. The van der Waals surface area contributed by atoms with Gasteiger partial charge in [-0.05, 0) is 41.1 Å². The van der Waals surface area contributed by atoms with Crippen LogP contribution < -0.4 is 0 Å². The lowest BCUT2D eigenvalue weighted by Gasteiger charge is -2.27. The Labute approximate surface area is 119 Å². The fourth-order valence-corrected chi connectivity index (χ4v) is 2.71. The second-order valence-corrected chi connectivity index (χ2v) is 5.33. The Bertz CT molecular complexity index is 702. The fourth-order valence-electron chi connectivity index (χ4n) is 2.71. The molecule has 0 aliphatic rings.